The van der Waals surface area contributed by atoms with Gasteiger partial charge >= 0.3 is 0 Å². The van der Waals surface area contributed by atoms with Crippen molar-refractivity contribution in [3.8, 4) is 0 Å². The van der Waals surface area contributed by atoms with Crippen molar-refractivity contribution in [2.75, 3.05) is 6.61 Å². The van der Waals surface area contributed by atoms with E-state index in [2.05, 4.69) is 6.92 Å². The lowest BCUT2D eigenvalue weighted by atomic mass is 10.2. The summed E-state index contributed by atoms with van der Waals surface area (Å²) < 4.78 is 5.56. The Kier molecular flexibility index (Phi) is 6.29. The molecule has 0 aliphatic carbocycles. The lowest BCUT2D eigenvalue weighted by Crippen LogP contribution is -2.35. The van der Waals surface area contributed by atoms with Crippen molar-refractivity contribution in [2.45, 2.75) is 44.7 Å². The Balaban J connectivity index is 1.91. The maximum Gasteiger partial charge on any atom is 0.140 e. The molecule has 0 aromatic heterocycles. The normalized spacial score (nSPS) is 28.2. The molecular formula is C8H22OSi3. The Morgan fingerprint density at radius 1 is 1.33 bits per heavy atom. The third kappa shape index (κ3) is 4.59. The Labute approximate surface area is 82.2 Å². The zero-order valence-corrected chi connectivity index (χ0v) is 12.3. The second kappa shape index (κ2) is 7.06. The van der Waals surface area contributed by atoms with E-state index in [-0.39, 0.29) is 17.6 Å². The minimum Gasteiger partial charge on any atom is -0.428 e. The highest BCUT2D eigenvalue weighted by Gasteiger charge is 2.15. The summed E-state index contributed by atoms with van der Waals surface area (Å²) >= 11 is 0. The molecular weight excluding hydrogens is 196 g/mol. The highest BCUT2D eigenvalue weighted by Crippen LogP contribution is 2.10. The van der Waals surface area contributed by atoms with Crippen molar-refractivity contribution in [1.29, 1.82) is 0 Å². The highest BCUT2D eigenvalue weighted by atomic mass is 29.5. The minimum atomic E-state index is -0.0932. The fourth-order valence-electron chi connectivity index (χ4n) is 1.89. The van der Waals surface area contributed by atoms with Crippen molar-refractivity contribution in [3.05, 3.63) is 0 Å². The van der Waals surface area contributed by atoms with Gasteiger partial charge in [-0.1, -0.05) is 38.7 Å². The molecule has 1 atom stereocenters. The molecule has 0 saturated carbocycles. The minimum absolute atomic E-state index is 0.0932. The molecule has 0 spiro atoms. The van der Waals surface area contributed by atoms with E-state index in [0.29, 0.717) is 8.55 Å². The maximum absolute atomic E-state index is 5.56. The molecule has 12 heavy (non-hydrogen) atoms. The summed E-state index contributed by atoms with van der Waals surface area (Å²) in [5, 5.41) is 0. The molecule has 1 fully saturated rings. The Morgan fingerprint density at radius 2 is 2.25 bits per heavy atom. The van der Waals surface area contributed by atoms with E-state index in [1.54, 1.807) is 18.5 Å². The van der Waals surface area contributed by atoms with E-state index in [1.807, 2.05) is 0 Å². The number of hydrogen-bond acceptors (Lipinski definition) is 1. The first-order valence-electron chi connectivity index (χ1n) is 5.51. The van der Waals surface area contributed by atoms with Crippen LogP contribution in [0.25, 0.3) is 0 Å². The fraction of sp³-hybridized carbons (Fsp3) is 1.00. The van der Waals surface area contributed by atoms with E-state index in [1.165, 1.54) is 25.9 Å². The molecule has 1 nitrogen and oxygen atoms in total. The van der Waals surface area contributed by atoms with Gasteiger partial charge in [0.2, 0.25) is 0 Å². The van der Waals surface area contributed by atoms with Crippen molar-refractivity contribution < 1.29 is 4.43 Å². The van der Waals surface area contributed by atoms with E-state index < -0.39 is 0 Å². The van der Waals surface area contributed by atoms with Gasteiger partial charge in [0.15, 0.2) is 0 Å². The van der Waals surface area contributed by atoms with Gasteiger partial charge in [0.1, 0.15) is 9.28 Å². The zero-order chi connectivity index (χ0) is 8.65. The van der Waals surface area contributed by atoms with E-state index >= 15 is 0 Å². The van der Waals surface area contributed by atoms with Gasteiger partial charge in [0.25, 0.3) is 0 Å². The average Bonchev–Trinajstić information content (AvgIpc) is 2.14. The summed E-state index contributed by atoms with van der Waals surface area (Å²) in [6, 6.07) is 3.23. The molecule has 1 heterocycles. The Hall–Kier alpha value is 0.611. The van der Waals surface area contributed by atoms with Crippen LogP contribution in [-0.4, -0.2) is 32.8 Å². The molecule has 0 aromatic carbocycles. The van der Waals surface area contributed by atoms with Gasteiger partial charge in [-0.3, -0.25) is 0 Å². The molecule has 1 rings (SSSR count). The largest absolute Gasteiger partial charge is 0.428 e. The quantitative estimate of drug-likeness (QED) is 0.482. The molecule has 0 bridgehead atoms. The summed E-state index contributed by atoms with van der Waals surface area (Å²) in [6.07, 6.45) is 5.93. The van der Waals surface area contributed by atoms with Gasteiger partial charge in [0.05, 0.1) is 0 Å². The van der Waals surface area contributed by atoms with Crippen molar-refractivity contribution >= 4 is 26.1 Å². The lowest BCUT2D eigenvalue weighted by Gasteiger charge is -2.19. The molecule has 1 aliphatic heterocycles. The van der Waals surface area contributed by atoms with Gasteiger partial charge in [-0.05, 0) is 6.04 Å². The predicted octanol–water partition coefficient (Wildman–Crippen LogP) is 0.488. The highest BCUT2D eigenvalue weighted by molar-refractivity contribution is 7.35. The summed E-state index contributed by atoms with van der Waals surface area (Å²) in [6.45, 7) is 3.47. The molecule has 1 unspecified atom stereocenters. The summed E-state index contributed by atoms with van der Waals surface area (Å²) in [4.78, 5) is 0. The van der Waals surface area contributed by atoms with Gasteiger partial charge < -0.3 is 4.43 Å². The van der Waals surface area contributed by atoms with Gasteiger partial charge in [-0.25, -0.2) is 0 Å². The molecule has 72 valence electrons. The lowest BCUT2D eigenvalue weighted by molar-refractivity contribution is 0.366. The van der Waals surface area contributed by atoms with Crippen LogP contribution in [0.3, 0.4) is 0 Å². The molecule has 0 aromatic rings. The topological polar surface area (TPSA) is 9.23 Å². The zero-order valence-electron chi connectivity index (χ0n) is 8.35. The first-order chi connectivity index (χ1) is 5.93. The second-order valence-electron chi connectivity index (χ2n) is 3.91. The van der Waals surface area contributed by atoms with Crippen molar-refractivity contribution in [3.63, 3.8) is 0 Å². The van der Waals surface area contributed by atoms with Crippen LogP contribution < -0.4 is 0 Å². The van der Waals surface area contributed by atoms with Gasteiger partial charge in [0, 0.05) is 23.5 Å². The van der Waals surface area contributed by atoms with E-state index in [0.717, 1.165) is 0 Å². The van der Waals surface area contributed by atoms with Crippen LogP contribution in [0.1, 0.15) is 32.6 Å². The SMILES string of the molecule is CCCCCC[SiH]1CCO[SiH2][SiH2]1. The number of rotatable bonds is 5. The van der Waals surface area contributed by atoms with Crippen LogP contribution in [0.15, 0.2) is 0 Å². The van der Waals surface area contributed by atoms with E-state index in [4.69, 9.17) is 4.43 Å². The van der Waals surface area contributed by atoms with E-state index in [9.17, 15) is 0 Å². The number of unbranched alkanes of at least 4 members (excludes halogenated alkanes) is 3. The Bertz CT molecular complexity index is 104. The molecule has 0 N–H and O–H groups in total. The van der Waals surface area contributed by atoms with Crippen LogP contribution in [0.2, 0.25) is 12.1 Å². The standard InChI is InChI=1S/C8H22OSi3/c1-2-3-4-5-7-12-8-6-9-10-11-12/h12H,2-8,10-11H2,1H3. The summed E-state index contributed by atoms with van der Waals surface area (Å²) in [5.74, 6) is 0. The van der Waals surface area contributed by atoms with Gasteiger partial charge in [-0.2, -0.15) is 0 Å². The third-order valence-corrected chi connectivity index (χ3v) is 22.7. The van der Waals surface area contributed by atoms with Crippen LogP contribution in [0.4, 0.5) is 0 Å². The smallest absolute Gasteiger partial charge is 0.140 e. The van der Waals surface area contributed by atoms with Crippen LogP contribution in [0.5, 0.6) is 0 Å². The summed E-state index contributed by atoms with van der Waals surface area (Å²) in [7, 11) is 0.473. The molecule has 1 saturated heterocycles. The van der Waals surface area contributed by atoms with Crippen molar-refractivity contribution in [2.24, 2.45) is 0 Å². The number of hydrogen-bond donors (Lipinski definition) is 0. The predicted molar refractivity (Wildman–Crippen MR) is 63.9 cm³/mol. The fourth-order valence-corrected chi connectivity index (χ4v) is 20.2. The molecule has 0 amide bonds. The van der Waals surface area contributed by atoms with Crippen LogP contribution >= 0.6 is 0 Å². The third-order valence-electron chi connectivity index (χ3n) is 2.81. The van der Waals surface area contributed by atoms with Crippen LogP contribution in [0, 0.1) is 0 Å². The maximum atomic E-state index is 5.56. The molecule has 0 radical (unpaired) electrons. The second-order valence-corrected chi connectivity index (χ2v) is 19.8. The van der Waals surface area contributed by atoms with Gasteiger partial charge in [-0.15, -0.1) is 0 Å². The molecule has 1 aliphatic rings. The first kappa shape index (κ1) is 10.7. The average molecular weight is 219 g/mol. The first-order valence-corrected chi connectivity index (χ1v) is 15.0. The summed E-state index contributed by atoms with van der Waals surface area (Å²) in [5.41, 5.74) is 0. The van der Waals surface area contributed by atoms with Crippen LogP contribution in [-0.2, 0) is 4.43 Å². The Morgan fingerprint density at radius 3 is 2.92 bits per heavy atom. The van der Waals surface area contributed by atoms with Crippen molar-refractivity contribution in [1.82, 2.24) is 0 Å². The molecule has 4 heteroatoms. The monoisotopic (exact) mass is 218 g/mol.